The average Bonchev–Trinajstić information content (AvgIpc) is 3.10. The molecule has 0 spiro atoms. The third kappa shape index (κ3) is 6.78. The Kier molecular flexibility index (Phi) is 8.79. The number of carbonyl (C=O) groups excluding carboxylic acids is 3. The minimum Gasteiger partial charge on any atom is -0.481 e. The van der Waals surface area contributed by atoms with E-state index in [4.69, 9.17) is 15.9 Å². The van der Waals surface area contributed by atoms with Crippen molar-refractivity contribution < 1.29 is 39.3 Å². The Morgan fingerprint density at radius 2 is 1.86 bits per heavy atom. The quantitative estimate of drug-likeness (QED) is 0.224. The summed E-state index contributed by atoms with van der Waals surface area (Å²) in [7, 11) is 0. The second kappa shape index (κ2) is 10.6. The van der Waals surface area contributed by atoms with Crippen LogP contribution in [0.2, 0.25) is 0 Å². The van der Waals surface area contributed by atoms with Crippen LogP contribution in [-0.2, 0) is 24.0 Å². The van der Waals surface area contributed by atoms with Crippen LogP contribution in [0.25, 0.3) is 0 Å². The molecule has 0 saturated carbocycles. The van der Waals surface area contributed by atoms with Gasteiger partial charge in [-0.15, -0.1) is 0 Å². The van der Waals surface area contributed by atoms with E-state index in [0.29, 0.717) is 12.8 Å². The summed E-state index contributed by atoms with van der Waals surface area (Å²) in [5.74, 6) is -4.45. The van der Waals surface area contributed by atoms with Gasteiger partial charge in [0, 0.05) is 13.0 Å². The number of amides is 3. The van der Waals surface area contributed by atoms with Crippen LogP contribution in [0.1, 0.15) is 32.6 Å². The van der Waals surface area contributed by atoms with E-state index in [1.807, 2.05) is 0 Å². The molecule has 4 atom stereocenters. The Morgan fingerprint density at radius 1 is 1.21 bits per heavy atom. The maximum atomic E-state index is 12.4. The molecule has 4 unspecified atom stereocenters. The van der Waals surface area contributed by atoms with Crippen LogP contribution < -0.4 is 16.4 Å². The monoisotopic (exact) mass is 402 g/mol. The molecule has 0 bridgehead atoms. The van der Waals surface area contributed by atoms with Crippen LogP contribution in [0, 0.1) is 0 Å². The predicted molar refractivity (Wildman–Crippen MR) is 93.8 cm³/mol. The second-order valence-electron chi connectivity index (χ2n) is 6.57. The zero-order valence-electron chi connectivity index (χ0n) is 15.5. The molecule has 0 aromatic heterocycles. The van der Waals surface area contributed by atoms with Gasteiger partial charge in [0.1, 0.15) is 6.04 Å². The van der Waals surface area contributed by atoms with Gasteiger partial charge in [0.05, 0.1) is 18.7 Å². The van der Waals surface area contributed by atoms with Crippen molar-refractivity contribution in [2.24, 2.45) is 5.73 Å². The van der Waals surface area contributed by atoms with Crippen molar-refractivity contribution in [3.8, 4) is 0 Å². The molecule has 1 saturated heterocycles. The summed E-state index contributed by atoms with van der Waals surface area (Å²) in [6.45, 7) is 0.958. The minimum atomic E-state index is -1.51. The maximum Gasteiger partial charge on any atom is 0.328 e. The van der Waals surface area contributed by atoms with Crippen molar-refractivity contribution in [1.29, 1.82) is 0 Å². The van der Waals surface area contributed by atoms with Gasteiger partial charge in [0.25, 0.3) is 0 Å². The van der Waals surface area contributed by atoms with Crippen LogP contribution >= 0.6 is 0 Å². The number of rotatable bonds is 10. The number of carboxylic acids is 2. The zero-order valence-corrected chi connectivity index (χ0v) is 15.5. The van der Waals surface area contributed by atoms with Gasteiger partial charge in [0.2, 0.25) is 17.7 Å². The van der Waals surface area contributed by atoms with Crippen molar-refractivity contribution in [3.05, 3.63) is 0 Å². The molecule has 1 fully saturated rings. The molecular weight excluding hydrogens is 376 g/mol. The van der Waals surface area contributed by atoms with Gasteiger partial charge in [-0.2, -0.15) is 0 Å². The van der Waals surface area contributed by atoms with Crippen LogP contribution in [0.4, 0.5) is 0 Å². The number of carboxylic acid groups (broad SMARTS) is 2. The summed E-state index contributed by atoms with van der Waals surface area (Å²) in [4.78, 5) is 59.3. The summed E-state index contributed by atoms with van der Waals surface area (Å²) >= 11 is 0. The topological polar surface area (TPSA) is 199 Å². The van der Waals surface area contributed by atoms with Crippen molar-refractivity contribution in [1.82, 2.24) is 15.5 Å². The molecule has 0 aliphatic carbocycles. The fourth-order valence-electron chi connectivity index (χ4n) is 2.82. The second-order valence-corrected chi connectivity index (χ2v) is 6.57. The molecule has 0 aromatic rings. The summed E-state index contributed by atoms with van der Waals surface area (Å²) in [6, 6.07) is -3.40. The lowest BCUT2D eigenvalue weighted by Crippen LogP contribution is -2.54. The molecule has 1 rings (SSSR count). The van der Waals surface area contributed by atoms with E-state index >= 15 is 0 Å². The predicted octanol–water partition coefficient (Wildman–Crippen LogP) is -2.76. The van der Waals surface area contributed by atoms with Crippen molar-refractivity contribution in [2.45, 2.75) is 56.8 Å². The number of nitrogens with zero attached hydrogens (tertiary/aromatic N) is 1. The smallest absolute Gasteiger partial charge is 0.328 e. The Labute approximate surface area is 161 Å². The standard InChI is InChI=1S/C16H26N4O8/c1-8(21)13(16(27)28)19-11(22)7-18-14(25)10-3-2-6-20(10)15(26)9(17)4-5-12(23)24/h8-10,13,21H,2-7,17H2,1H3,(H,18,25)(H,19,22)(H,23,24)(H,27,28). The third-order valence-corrected chi connectivity index (χ3v) is 4.31. The normalized spacial score (nSPS) is 19.4. The fraction of sp³-hybridized carbons (Fsp3) is 0.688. The third-order valence-electron chi connectivity index (χ3n) is 4.31. The zero-order chi connectivity index (χ0) is 21.4. The number of hydrogen-bond donors (Lipinski definition) is 6. The van der Waals surface area contributed by atoms with E-state index in [0.717, 1.165) is 0 Å². The molecule has 158 valence electrons. The first-order valence-corrected chi connectivity index (χ1v) is 8.80. The Balaban J connectivity index is 2.58. The van der Waals surface area contributed by atoms with Crippen molar-refractivity contribution in [3.63, 3.8) is 0 Å². The number of aliphatic hydroxyl groups is 1. The van der Waals surface area contributed by atoms with Crippen molar-refractivity contribution >= 4 is 29.7 Å². The van der Waals surface area contributed by atoms with E-state index in [9.17, 15) is 29.1 Å². The van der Waals surface area contributed by atoms with Gasteiger partial charge >= 0.3 is 11.9 Å². The van der Waals surface area contributed by atoms with Gasteiger partial charge in [-0.25, -0.2) is 4.79 Å². The Morgan fingerprint density at radius 3 is 2.39 bits per heavy atom. The van der Waals surface area contributed by atoms with E-state index in [1.165, 1.54) is 11.8 Å². The Bertz CT molecular complexity index is 624. The number of nitrogens with two attached hydrogens (primary N) is 1. The molecule has 3 amide bonds. The number of hydrogen-bond acceptors (Lipinski definition) is 7. The molecule has 1 aliphatic rings. The molecule has 0 aromatic carbocycles. The van der Waals surface area contributed by atoms with Crippen LogP contribution in [0.5, 0.6) is 0 Å². The number of nitrogens with one attached hydrogen (secondary N) is 2. The largest absolute Gasteiger partial charge is 0.481 e. The number of aliphatic carboxylic acids is 2. The lowest BCUT2D eigenvalue weighted by molar-refractivity contribution is -0.145. The average molecular weight is 402 g/mol. The highest BCUT2D eigenvalue weighted by Gasteiger charge is 2.36. The fourth-order valence-corrected chi connectivity index (χ4v) is 2.82. The van der Waals surface area contributed by atoms with Gasteiger partial charge in [-0.1, -0.05) is 0 Å². The molecule has 12 nitrogen and oxygen atoms in total. The molecule has 0 radical (unpaired) electrons. The van der Waals surface area contributed by atoms with Gasteiger partial charge in [-0.3, -0.25) is 19.2 Å². The summed E-state index contributed by atoms with van der Waals surface area (Å²) < 4.78 is 0. The first-order valence-electron chi connectivity index (χ1n) is 8.80. The maximum absolute atomic E-state index is 12.4. The highest BCUT2D eigenvalue weighted by Crippen LogP contribution is 2.19. The lowest BCUT2D eigenvalue weighted by atomic mass is 10.1. The van der Waals surface area contributed by atoms with Crippen LogP contribution in [-0.4, -0.2) is 87.2 Å². The first kappa shape index (κ1) is 23.3. The van der Waals surface area contributed by atoms with E-state index < -0.39 is 60.4 Å². The van der Waals surface area contributed by atoms with E-state index in [-0.39, 0.29) is 19.4 Å². The van der Waals surface area contributed by atoms with Crippen molar-refractivity contribution in [2.75, 3.05) is 13.1 Å². The summed E-state index contributed by atoms with van der Waals surface area (Å²) in [5.41, 5.74) is 5.71. The SMILES string of the molecule is CC(O)C(NC(=O)CNC(=O)C1CCCN1C(=O)C(N)CCC(=O)O)C(=O)O. The first-order chi connectivity index (χ1) is 13.0. The minimum absolute atomic E-state index is 0.0582. The van der Waals surface area contributed by atoms with E-state index in [1.54, 1.807) is 0 Å². The molecule has 12 heteroatoms. The summed E-state index contributed by atoms with van der Waals surface area (Å²) in [5, 5.41) is 31.3. The number of carbonyl (C=O) groups is 5. The highest BCUT2D eigenvalue weighted by atomic mass is 16.4. The van der Waals surface area contributed by atoms with Gasteiger partial charge in [-0.05, 0) is 26.2 Å². The molecule has 28 heavy (non-hydrogen) atoms. The highest BCUT2D eigenvalue weighted by molar-refractivity contribution is 5.93. The molecule has 1 aliphatic heterocycles. The Hall–Kier alpha value is -2.73. The van der Waals surface area contributed by atoms with E-state index in [2.05, 4.69) is 10.6 Å². The molecule has 1 heterocycles. The van der Waals surface area contributed by atoms with Crippen LogP contribution in [0.3, 0.4) is 0 Å². The number of aliphatic hydroxyl groups excluding tert-OH is 1. The number of likely N-dealkylation sites (tertiary alicyclic amines) is 1. The lowest BCUT2D eigenvalue weighted by Gasteiger charge is -2.26. The molecular formula is C16H26N4O8. The van der Waals surface area contributed by atoms with Crippen LogP contribution in [0.15, 0.2) is 0 Å². The summed E-state index contributed by atoms with van der Waals surface area (Å²) in [6.07, 6.45) is -0.753. The van der Waals surface area contributed by atoms with Gasteiger partial charge in [0.15, 0.2) is 6.04 Å². The van der Waals surface area contributed by atoms with Gasteiger partial charge < -0.3 is 36.6 Å². The molecule has 7 N–H and O–H groups in total.